The molecule has 1 aliphatic carbocycles. The van der Waals surface area contributed by atoms with Gasteiger partial charge in [0, 0.05) is 23.9 Å². The van der Waals surface area contributed by atoms with Gasteiger partial charge in [-0.2, -0.15) is 0 Å². The van der Waals surface area contributed by atoms with Gasteiger partial charge in [-0.3, -0.25) is 4.79 Å². The Morgan fingerprint density at radius 1 is 1.26 bits per heavy atom. The van der Waals surface area contributed by atoms with Gasteiger partial charge in [0.15, 0.2) is 11.6 Å². The van der Waals surface area contributed by atoms with Crippen LogP contribution in [0.2, 0.25) is 0 Å². The predicted molar refractivity (Wildman–Crippen MR) is 131 cm³/mol. The van der Waals surface area contributed by atoms with E-state index in [0.29, 0.717) is 71.3 Å². The highest BCUT2D eigenvalue weighted by molar-refractivity contribution is 6.09. The number of carbonyl (C=O) groups excluding carboxylic acids is 1. The number of ether oxygens (including phenoxy) is 2. The second kappa shape index (κ2) is 10.3. The molecule has 1 amide bonds. The maximum atomic E-state index is 14.7. The summed E-state index contributed by atoms with van der Waals surface area (Å²) in [7, 11) is 1.41. The Morgan fingerprint density at radius 2 is 2.06 bits per heavy atom. The highest BCUT2D eigenvalue weighted by atomic mass is 35.5. The molecular weight excluding hydrogens is 477 g/mol. The molecule has 3 heterocycles. The van der Waals surface area contributed by atoms with E-state index >= 15 is 0 Å². The number of benzene rings is 1. The molecule has 188 valence electrons. The number of aliphatic hydroxyl groups excluding tert-OH is 1. The van der Waals surface area contributed by atoms with Crippen molar-refractivity contribution in [3.63, 3.8) is 0 Å². The summed E-state index contributed by atoms with van der Waals surface area (Å²) in [5, 5.41) is 16.2. The average Bonchev–Trinajstić information content (AvgIpc) is 3.59. The molecule has 1 aliphatic heterocycles. The number of H-pyrrole nitrogens is 1. The number of hydrogen-bond donors (Lipinski definition) is 4. The Hall–Kier alpha value is -2.95. The number of fused-ring (bicyclic) bond motifs is 1. The Balaban J connectivity index is 0.00000289. The number of halogens is 2. The Labute approximate surface area is 208 Å². The van der Waals surface area contributed by atoms with Gasteiger partial charge in [0.25, 0.3) is 5.91 Å². The van der Waals surface area contributed by atoms with E-state index in [1.54, 1.807) is 6.92 Å². The minimum Gasteiger partial charge on any atom is -0.494 e. The zero-order valence-corrected chi connectivity index (χ0v) is 20.4. The summed E-state index contributed by atoms with van der Waals surface area (Å²) < 4.78 is 25.9. The van der Waals surface area contributed by atoms with Gasteiger partial charge in [-0.25, -0.2) is 14.4 Å². The zero-order valence-electron chi connectivity index (χ0n) is 19.6. The molecule has 1 saturated heterocycles. The molecular formula is C24H29ClFN5O4. The molecule has 1 saturated carbocycles. The number of piperidine rings is 1. The number of methoxy groups -OCH3 is 1. The van der Waals surface area contributed by atoms with Crippen LogP contribution in [-0.4, -0.2) is 64.9 Å². The number of rotatable bonds is 7. The first-order chi connectivity index (χ1) is 16.5. The fraction of sp³-hybridized carbons (Fsp3) is 0.458. The molecule has 0 radical (unpaired) electrons. The lowest BCUT2D eigenvalue weighted by Gasteiger charge is -2.29. The molecule has 2 aliphatic rings. The predicted octanol–water partition coefficient (Wildman–Crippen LogP) is 2.74. The van der Waals surface area contributed by atoms with Crippen molar-refractivity contribution in [3.8, 4) is 22.8 Å². The van der Waals surface area contributed by atoms with E-state index in [1.165, 1.54) is 25.6 Å². The Bertz CT molecular complexity index is 1230. The van der Waals surface area contributed by atoms with Gasteiger partial charge in [0.2, 0.25) is 0 Å². The first-order valence-corrected chi connectivity index (χ1v) is 11.5. The molecule has 1 aromatic carbocycles. The van der Waals surface area contributed by atoms with Crippen LogP contribution in [-0.2, 0) is 0 Å². The third-order valence-electron chi connectivity index (χ3n) is 6.45. The number of β-amino-alcohol motifs (C(OH)–C–C–N with tert-alkyl or cyclic N) is 1. The van der Waals surface area contributed by atoms with Gasteiger partial charge in [-0.1, -0.05) is 0 Å². The smallest absolute Gasteiger partial charge is 0.255 e. The summed E-state index contributed by atoms with van der Waals surface area (Å²) in [5.74, 6) is 0.182. The lowest BCUT2D eigenvalue weighted by atomic mass is 10.0. The van der Waals surface area contributed by atoms with Crippen molar-refractivity contribution in [2.45, 2.75) is 38.3 Å². The van der Waals surface area contributed by atoms with Crippen LogP contribution in [0.25, 0.3) is 22.3 Å². The summed E-state index contributed by atoms with van der Waals surface area (Å²) in [6.45, 7) is 3.45. The number of hydrogen-bond acceptors (Lipinski definition) is 7. The van der Waals surface area contributed by atoms with E-state index in [2.05, 4.69) is 25.6 Å². The van der Waals surface area contributed by atoms with Crippen LogP contribution in [0.5, 0.6) is 11.5 Å². The average molecular weight is 506 g/mol. The van der Waals surface area contributed by atoms with E-state index in [-0.39, 0.29) is 30.1 Å². The van der Waals surface area contributed by atoms with Crippen LogP contribution < -0.4 is 20.1 Å². The highest BCUT2D eigenvalue weighted by Gasteiger charge is 2.29. The molecule has 3 aromatic rings. The summed E-state index contributed by atoms with van der Waals surface area (Å²) in [5.41, 5.74) is 2.80. The van der Waals surface area contributed by atoms with Crippen LogP contribution in [0.4, 0.5) is 4.39 Å². The summed E-state index contributed by atoms with van der Waals surface area (Å²) in [4.78, 5) is 25.1. The minimum atomic E-state index is -0.665. The van der Waals surface area contributed by atoms with Gasteiger partial charge in [0.1, 0.15) is 23.3 Å². The molecule has 4 N–H and O–H groups in total. The van der Waals surface area contributed by atoms with Crippen LogP contribution in [0, 0.1) is 18.7 Å². The molecule has 2 fully saturated rings. The van der Waals surface area contributed by atoms with Crippen molar-refractivity contribution >= 4 is 29.3 Å². The molecule has 2 aromatic heterocycles. The van der Waals surface area contributed by atoms with Crippen molar-refractivity contribution in [2.24, 2.45) is 5.92 Å². The number of aromatic amines is 1. The molecule has 0 spiro atoms. The van der Waals surface area contributed by atoms with E-state index in [1.807, 2.05) is 0 Å². The summed E-state index contributed by atoms with van der Waals surface area (Å²) in [6, 6.07) is 2.52. The zero-order chi connectivity index (χ0) is 23.8. The Kier molecular flexibility index (Phi) is 7.44. The molecule has 5 rings (SSSR count). The number of nitrogens with zero attached hydrogens (tertiary/aromatic N) is 2. The topological polar surface area (TPSA) is 121 Å². The molecule has 2 unspecified atom stereocenters. The molecule has 35 heavy (non-hydrogen) atoms. The van der Waals surface area contributed by atoms with Crippen molar-refractivity contribution in [1.82, 2.24) is 25.6 Å². The highest BCUT2D eigenvalue weighted by Crippen LogP contribution is 2.39. The summed E-state index contributed by atoms with van der Waals surface area (Å²) in [6.07, 6.45) is 3.55. The van der Waals surface area contributed by atoms with Gasteiger partial charge >= 0.3 is 0 Å². The fourth-order valence-electron chi connectivity index (χ4n) is 4.34. The Morgan fingerprint density at radius 3 is 2.77 bits per heavy atom. The number of nitrogens with one attached hydrogen (secondary N) is 3. The third kappa shape index (κ3) is 5.05. The largest absolute Gasteiger partial charge is 0.494 e. The number of aliphatic hydroxyl groups is 1. The van der Waals surface area contributed by atoms with E-state index in [4.69, 9.17) is 9.47 Å². The lowest BCUT2D eigenvalue weighted by molar-refractivity contribution is 0.0766. The lowest BCUT2D eigenvalue weighted by Crippen LogP contribution is -2.52. The van der Waals surface area contributed by atoms with Gasteiger partial charge in [-0.15, -0.1) is 12.4 Å². The van der Waals surface area contributed by atoms with E-state index < -0.39 is 11.9 Å². The van der Waals surface area contributed by atoms with Crippen LogP contribution in [0.1, 0.15) is 35.3 Å². The van der Waals surface area contributed by atoms with Crippen LogP contribution >= 0.6 is 12.4 Å². The van der Waals surface area contributed by atoms with Gasteiger partial charge in [0.05, 0.1) is 36.9 Å². The van der Waals surface area contributed by atoms with Crippen molar-refractivity contribution < 1.29 is 23.8 Å². The number of amides is 1. The standard InChI is InChI=1S/C24H28FN5O4.ClH/c1-12-20(24(32)30-16-5-6-26-9-17(16)31)22-23(29-12)21(27-11-28-22)14-7-15(25)19(33-2)8-18(14)34-10-13-3-4-13;/h7-8,11,13,16-17,26,29,31H,3-6,9-10H2,1-2H3,(H,30,32);1H. The maximum absolute atomic E-state index is 14.7. The second-order valence-electron chi connectivity index (χ2n) is 8.95. The molecule has 0 bridgehead atoms. The molecule has 2 atom stereocenters. The van der Waals surface area contributed by atoms with Gasteiger partial charge < -0.3 is 30.2 Å². The van der Waals surface area contributed by atoms with Crippen molar-refractivity contribution in [2.75, 3.05) is 26.8 Å². The first-order valence-electron chi connectivity index (χ1n) is 11.5. The number of aryl methyl sites for hydroxylation is 1. The van der Waals surface area contributed by atoms with E-state index in [0.717, 1.165) is 12.8 Å². The minimum absolute atomic E-state index is 0. The molecule has 9 nitrogen and oxygen atoms in total. The van der Waals surface area contributed by atoms with Crippen LogP contribution in [0.3, 0.4) is 0 Å². The maximum Gasteiger partial charge on any atom is 0.255 e. The number of aromatic nitrogens is 3. The first kappa shape index (κ1) is 25.2. The van der Waals surface area contributed by atoms with Crippen molar-refractivity contribution in [3.05, 3.63) is 35.5 Å². The van der Waals surface area contributed by atoms with Gasteiger partial charge in [-0.05, 0) is 44.7 Å². The second-order valence-corrected chi connectivity index (χ2v) is 8.95. The van der Waals surface area contributed by atoms with Crippen molar-refractivity contribution in [1.29, 1.82) is 0 Å². The SMILES string of the molecule is COc1cc(OCC2CC2)c(-c2ncnc3c(C(=O)NC4CCNCC4O)c(C)[nH]c23)cc1F.Cl. The van der Waals surface area contributed by atoms with E-state index in [9.17, 15) is 14.3 Å². The quantitative estimate of drug-likeness (QED) is 0.389. The normalized spacial score (nSPS) is 19.8. The fourth-order valence-corrected chi connectivity index (χ4v) is 4.34. The summed E-state index contributed by atoms with van der Waals surface area (Å²) >= 11 is 0. The van der Waals surface area contributed by atoms with Crippen LogP contribution in [0.15, 0.2) is 18.5 Å². The molecule has 11 heteroatoms. The number of carbonyl (C=O) groups is 1. The third-order valence-corrected chi connectivity index (χ3v) is 6.45. The monoisotopic (exact) mass is 505 g/mol.